The molecule has 1 aliphatic rings. The number of hydrogen-bond acceptors (Lipinski definition) is 7. The first kappa shape index (κ1) is 29.3. The minimum Gasteiger partial charge on any atom is -0.481 e. The molecule has 5 unspecified atom stereocenters. The van der Waals surface area contributed by atoms with Crippen LogP contribution in [0.3, 0.4) is 0 Å². The molecule has 0 bridgehead atoms. The predicted molar refractivity (Wildman–Crippen MR) is 124 cm³/mol. The molecule has 1 heterocycles. The molecule has 194 valence electrons. The maximum atomic E-state index is 13.1. The normalized spacial score (nSPS) is 18.9. The maximum absolute atomic E-state index is 13.1. The third-order valence-electron chi connectivity index (χ3n) is 6.01. The summed E-state index contributed by atoms with van der Waals surface area (Å²) in [5.74, 6) is -4.30. The van der Waals surface area contributed by atoms with Crippen molar-refractivity contribution in [2.24, 2.45) is 11.7 Å². The van der Waals surface area contributed by atoms with Crippen molar-refractivity contribution in [3.63, 3.8) is 0 Å². The highest BCUT2D eigenvalue weighted by atomic mass is 16.4. The molecule has 5 atom stereocenters. The van der Waals surface area contributed by atoms with Gasteiger partial charge in [0.2, 0.25) is 17.7 Å². The minimum atomic E-state index is -1.41. The van der Waals surface area contributed by atoms with E-state index < -0.39 is 48.3 Å². The fourth-order valence-corrected chi connectivity index (χ4v) is 3.68. The van der Waals surface area contributed by atoms with Crippen LogP contribution in [0.25, 0.3) is 0 Å². The van der Waals surface area contributed by atoms with E-state index in [4.69, 9.17) is 10.8 Å². The maximum Gasteiger partial charge on any atom is 0.326 e. The zero-order valence-corrected chi connectivity index (χ0v) is 20.0. The number of aliphatic carboxylic acids is 2. The largest absolute Gasteiger partial charge is 0.481 e. The monoisotopic (exact) mass is 485 g/mol. The van der Waals surface area contributed by atoms with Crippen LogP contribution in [0.5, 0.6) is 0 Å². The number of amides is 3. The van der Waals surface area contributed by atoms with Gasteiger partial charge in [0.15, 0.2) is 0 Å². The van der Waals surface area contributed by atoms with Crippen molar-refractivity contribution in [3.8, 4) is 0 Å². The van der Waals surface area contributed by atoms with Crippen LogP contribution in [0.1, 0.15) is 65.2 Å². The zero-order valence-electron chi connectivity index (χ0n) is 20.0. The smallest absolute Gasteiger partial charge is 0.326 e. The Labute approximate surface area is 199 Å². The van der Waals surface area contributed by atoms with Crippen LogP contribution >= 0.6 is 0 Å². The van der Waals surface area contributed by atoms with Crippen molar-refractivity contribution < 1.29 is 34.2 Å². The Kier molecular flexibility index (Phi) is 13.1. The first-order valence-corrected chi connectivity index (χ1v) is 11.9. The molecule has 1 aliphatic heterocycles. The van der Waals surface area contributed by atoms with Crippen LogP contribution in [-0.4, -0.2) is 77.1 Å². The van der Waals surface area contributed by atoms with E-state index in [1.54, 1.807) is 0 Å². The third kappa shape index (κ3) is 10.0. The molecule has 0 saturated carbocycles. The topological polar surface area (TPSA) is 200 Å². The quantitative estimate of drug-likeness (QED) is 0.138. The fourth-order valence-electron chi connectivity index (χ4n) is 3.68. The zero-order chi connectivity index (χ0) is 25.7. The Balaban J connectivity index is 2.93. The Morgan fingerprint density at radius 1 is 1.00 bits per heavy atom. The summed E-state index contributed by atoms with van der Waals surface area (Å²) in [6.45, 7) is 4.83. The molecular weight excluding hydrogens is 446 g/mol. The summed E-state index contributed by atoms with van der Waals surface area (Å²) >= 11 is 0. The third-order valence-corrected chi connectivity index (χ3v) is 6.01. The number of carboxylic acid groups (broad SMARTS) is 2. The summed E-state index contributed by atoms with van der Waals surface area (Å²) in [5.41, 5.74) is 5.53. The predicted octanol–water partition coefficient (Wildman–Crippen LogP) is -0.683. The highest BCUT2D eigenvalue weighted by Crippen LogP contribution is 2.12. The molecule has 1 saturated heterocycles. The molecule has 0 aromatic carbocycles. The number of rotatable bonds is 16. The summed E-state index contributed by atoms with van der Waals surface area (Å²) in [6.07, 6.45) is 2.75. The van der Waals surface area contributed by atoms with Crippen molar-refractivity contribution in [2.45, 2.75) is 89.4 Å². The van der Waals surface area contributed by atoms with Crippen molar-refractivity contribution in [2.75, 3.05) is 13.1 Å². The average Bonchev–Trinajstić information content (AvgIpc) is 3.33. The molecule has 12 heteroatoms. The highest BCUT2D eigenvalue weighted by Gasteiger charge is 2.33. The first-order valence-electron chi connectivity index (χ1n) is 11.9. The van der Waals surface area contributed by atoms with Gasteiger partial charge in [-0.25, -0.2) is 4.79 Å². The molecule has 1 rings (SSSR count). The lowest BCUT2D eigenvalue weighted by Crippen LogP contribution is -2.58. The summed E-state index contributed by atoms with van der Waals surface area (Å²) in [6, 6.07) is -3.70. The Bertz CT molecular complexity index is 712. The second kappa shape index (κ2) is 15.2. The minimum absolute atomic E-state index is 0.208. The van der Waals surface area contributed by atoms with Crippen LogP contribution in [0.4, 0.5) is 0 Å². The molecule has 0 aromatic rings. The van der Waals surface area contributed by atoms with E-state index in [0.717, 1.165) is 13.0 Å². The van der Waals surface area contributed by atoms with Crippen LogP contribution in [-0.2, 0) is 24.0 Å². The molecule has 0 aliphatic carbocycles. The van der Waals surface area contributed by atoms with Gasteiger partial charge in [-0.1, -0.05) is 20.3 Å². The number of unbranched alkanes of at least 4 members (excludes halogenated alkanes) is 1. The van der Waals surface area contributed by atoms with E-state index in [0.29, 0.717) is 32.2 Å². The first-order chi connectivity index (χ1) is 16.1. The number of nitrogens with one attached hydrogen (secondary N) is 4. The fraction of sp³-hybridized carbons (Fsp3) is 0.773. The molecular formula is C22H39N5O7. The van der Waals surface area contributed by atoms with E-state index in [1.165, 1.54) is 0 Å². The van der Waals surface area contributed by atoms with Gasteiger partial charge in [-0.15, -0.1) is 0 Å². The van der Waals surface area contributed by atoms with E-state index in [2.05, 4.69) is 21.3 Å². The SMILES string of the molecule is CCC(C)C(NC(=O)C1CCCN1)C(=O)NC(CCCCN)C(=O)NC(CCC(=O)O)C(=O)O. The standard InChI is InChI=1S/C22H39N5O7/c1-3-13(2)18(27-19(30)14-8-6-12-24-14)21(32)25-15(7-4-5-11-23)20(31)26-16(22(33)34)9-10-17(28)29/h13-16,18,24H,3-12,23H2,1-2H3,(H,25,32)(H,26,31)(H,27,30)(H,28,29)(H,33,34). The molecule has 34 heavy (non-hydrogen) atoms. The Morgan fingerprint density at radius 2 is 1.68 bits per heavy atom. The van der Waals surface area contributed by atoms with E-state index in [-0.39, 0.29) is 30.7 Å². The summed E-state index contributed by atoms with van der Waals surface area (Å²) in [4.78, 5) is 60.9. The lowest BCUT2D eigenvalue weighted by atomic mass is 9.97. The molecule has 0 aromatic heterocycles. The molecule has 8 N–H and O–H groups in total. The lowest BCUT2D eigenvalue weighted by molar-refractivity contribution is -0.143. The number of hydrogen-bond donors (Lipinski definition) is 7. The van der Waals surface area contributed by atoms with E-state index in [9.17, 15) is 29.1 Å². The molecule has 1 fully saturated rings. The van der Waals surface area contributed by atoms with Gasteiger partial charge in [-0.2, -0.15) is 0 Å². The lowest BCUT2D eigenvalue weighted by Gasteiger charge is -2.28. The molecule has 12 nitrogen and oxygen atoms in total. The summed E-state index contributed by atoms with van der Waals surface area (Å²) in [5, 5.41) is 29.0. The van der Waals surface area contributed by atoms with Crippen LogP contribution < -0.4 is 27.0 Å². The van der Waals surface area contributed by atoms with Crippen LogP contribution in [0.15, 0.2) is 0 Å². The van der Waals surface area contributed by atoms with E-state index >= 15 is 0 Å². The average molecular weight is 486 g/mol. The number of carbonyl (C=O) groups excluding carboxylic acids is 3. The van der Waals surface area contributed by atoms with Gasteiger partial charge in [0, 0.05) is 6.42 Å². The number of carbonyl (C=O) groups is 5. The van der Waals surface area contributed by atoms with Gasteiger partial charge >= 0.3 is 11.9 Å². The number of nitrogens with two attached hydrogens (primary N) is 1. The summed E-state index contributed by atoms with van der Waals surface area (Å²) in [7, 11) is 0. The number of carboxylic acids is 2. The Morgan fingerprint density at radius 3 is 2.21 bits per heavy atom. The van der Waals surface area contributed by atoms with Crippen molar-refractivity contribution >= 4 is 29.7 Å². The van der Waals surface area contributed by atoms with Crippen LogP contribution in [0, 0.1) is 5.92 Å². The second-order valence-electron chi connectivity index (χ2n) is 8.70. The van der Waals surface area contributed by atoms with Gasteiger partial charge < -0.3 is 37.2 Å². The van der Waals surface area contributed by atoms with Crippen molar-refractivity contribution in [1.82, 2.24) is 21.3 Å². The van der Waals surface area contributed by atoms with Gasteiger partial charge in [0.05, 0.1) is 6.04 Å². The highest BCUT2D eigenvalue weighted by molar-refractivity contribution is 5.94. The van der Waals surface area contributed by atoms with Crippen LogP contribution in [0.2, 0.25) is 0 Å². The second-order valence-corrected chi connectivity index (χ2v) is 8.70. The van der Waals surface area contributed by atoms with Gasteiger partial charge in [0.1, 0.15) is 18.1 Å². The van der Waals surface area contributed by atoms with Gasteiger partial charge in [-0.3, -0.25) is 19.2 Å². The molecule has 0 radical (unpaired) electrons. The van der Waals surface area contributed by atoms with Crippen molar-refractivity contribution in [1.29, 1.82) is 0 Å². The molecule has 0 spiro atoms. The summed E-state index contributed by atoms with van der Waals surface area (Å²) < 4.78 is 0. The van der Waals surface area contributed by atoms with Gasteiger partial charge in [-0.05, 0) is 57.5 Å². The van der Waals surface area contributed by atoms with E-state index in [1.807, 2.05) is 13.8 Å². The van der Waals surface area contributed by atoms with Gasteiger partial charge in [0.25, 0.3) is 0 Å². The Hall–Kier alpha value is -2.73. The van der Waals surface area contributed by atoms with Crippen molar-refractivity contribution in [3.05, 3.63) is 0 Å². The molecule has 3 amide bonds.